The van der Waals surface area contributed by atoms with Crippen LogP contribution in [-0.4, -0.2) is 22.0 Å². The number of rotatable bonds is 5. The predicted molar refractivity (Wildman–Crippen MR) is 111 cm³/mol. The average Bonchev–Trinajstić information content (AvgIpc) is 2.57. The molecule has 0 heterocycles. The normalized spacial score (nSPS) is 10.4. The van der Waals surface area contributed by atoms with Crippen LogP contribution in [-0.2, 0) is 0 Å². The third-order valence-electron chi connectivity index (χ3n) is 3.53. The van der Waals surface area contributed by atoms with Gasteiger partial charge in [0.2, 0.25) is 0 Å². The number of amides is 1. The second-order valence-electron chi connectivity index (χ2n) is 5.92. The van der Waals surface area contributed by atoms with Crippen LogP contribution in [0.25, 0.3) is 0 Å². The van der Waals surface area contributed by atoms with E-state index < -0.39 is 10.8 Å². The van der Waals surface area contributed by atoms with Crippen molar-refractivity contribution in [1.82, 2.24) is 5.32 Å². The summed E-state index contributed by atoms with van der Waals surface area (Å²) in [7, 11) is 0. The molecule has 0 aliphatic carbocycles. The predicted octanol–water partition coefficient (Wildman–Crippen LogP) is 4.58. The van der Waals surface area contributed by atoms with Gasteiger partial charge in [0, 0.05) is 10.5 Å². The van der Waals surface area contributed by atoms with E-state index in [4.69, 9.17) is 17.0 Å². The molecule has 9 heteroatoms. The number of hydrogen-bond acceptors (Lipinski definition) is 5. The third-order valence-corrected chi connectivity index (χ3v) is 4.22. The zero-order valence-corrected chi connectivity index (χ0v) is 17.3. The fourth-order valence-corrected chi connectivity index (χ4v) is 2.88. The lowest BCUT2D eigenvalue weighted by Gasteiger charge is -2.16. The van der Waals surface area contributed by atoms with E-state index >= 15 is 0 Å². The number of nitro benzene ring substituents is 1. The molecule has 142 valence electrons. The van der Waals surface area contributed by atoms with Crippen molar-refractivity contribution in [1.29, 1.82) is 0 Å². The van der Waals surface area contributed by atoms with Crippen LogP contribution in [0.3, 0.4) is 0 Å². The monoisotopic (exact) mass is 451 g/mol. The molecule has 2 aromatic carbocycles. The molecule has 0 spiro atoms. The Morgan fingerprint density at radius 3 is 2.63 bits per heavy atom. The summed E-state index contributed by atoms with van der Waals surface area (Å²) in [6, 6.07) is 9.69. The molecule has 0 unspecified atom stereocenters. The maximum atomic E-state index is 12.6. The SMILES string of the molecule is Cc1c(NC(=S)NC(=O)c2cc(Br)ccc2OC(C)C)cccc1[N+](=O)[O-]. The average molecular weight is 452 g/mol. The molecule has 2 N–H and O–H groups in total. The van der Waals surface area contributed by atoms with Gasteiger partial charge in [-0.1, -0.05) is 22.0 Å². The van der Waals surface area contributed by atoms with Crippen molar-refractivity contribution in [2.75, 3.05) is 5.32 Å². The molecular weight excluding hydrogens is 434 g/mol. The van der Waals surface area contributed by atoms with Crippen molar-refractivity contribution in [2.24, 2.45) is 0 Å². The Morgan fingerprint density at radius 2 is 2.00 bits per heavy atom. The lowest BCUT2D eigenvalue weighted by molar-refractivity contribution is -0.385. The first-order valence-corrected chi connectivity index (χ1v) is 9.21. The molecule has 2 aromatic rings. The lowest BCUT2D eigenvalue weighted by atomic mass is 10.1. The minimum Gasteiger partial charge on any atom is -0.490 e. The van der Waals surface area contributed by atoms with Gasteiger partial charge < -0.3 is 10.1 Å². The molecule has 0 aromatic heterocycles. The van der Waals surface area contributed by atoms with Crippen molar-refractivity contribution < 1.29 is 14.5 Å². The summed E-state index contributed by atoms with van der Waals surface area (Å²) >= 11 is 8.51. The second-order valence-corrected chi connectivity index (χ2v) is 7.25. The maximum Gasteiger partial charge on any atom is 0.274 e. The van der Waals surface area contributed by atoms with Crippen LogP contribution in [0.1, 0.15) is 29.8 Å². The number of nitrogens with one attached hydrogen (secondary N) is 2. The summed E-state index contributed by atoms with van der Waals surface area (Å²) in [6.45, 7) is 5.33. The molecule has 7 nitrogen and oxygen atoms in total. The summed E-state index contributed by atoms with van der Waals surface area (Å²) < 4.78 is 6.38. The first-order valence-electron chi connectivity index (χ1n) is 8.01. The standard InChI is InChI=1S/C18H18BrN3O4S/c1-10(2)26-16-8-7-12(19)9-13(16)17(23)21-18(27)20-14-5-4-6-15(11(14)3)22(24)25/h4-10H,1-3H3,(H2,20,21,23,27). The van der Waals surface area contributed by atoms with Crippen molar-refractivity contribution in [3.05, 3.63) is 62.1 Å². The summed E-state index contributed by atoms with van der Waals surface area (Å²) in [4.78, 5) is 23.2. The second kappa shape index (κ2) is 8.92. The Kier molecular flexibility index (Phi) is 6.86. The number of benzene rings is 2. The van der Waals surface area contributed by atoms with Crippen LogP contribution in [0.15, 0.2) is 40.9 Å². The highest BCUT2D eigenvalue weighted by atomic mass is 79.9. The Bertz CT molecular complexity index is 902. The fourth-order valence-electron chi connectivity index (χ4n) is 2.32. The van der Waals surface area contributed by atoms with Gasteiger partial charge in [-0.25, -0.2) is 0 Å². The maximum absolute atomic E-state index is 12.6. The van der Waals surface area contributed by atoms with Gasteiger partial charge in [-0.05, 0) is 57.3 Å². The molecule has 2 rings (SSSR count). The summed E-state index contributed by atoms with van der Waals surface area (Å²) in [6.07, 6.45) is -0.102. The first-order chi connectivity index (χ1) is 12.7. The van der Waals surface area contributed by atoms with Gasteiger partial charge in [0.15, 0.2) is 5.11 Å². The van der Waals surface area contributed by atoms with Gasteiger partial charge >= 0.3 is 0 Å². The third kappa shape index (κ3) is 5.48. The van der Waals surface area contributed by atoms with Crippen LogP contribution < -0.4 is 15.4 Å². The van der Waals surface area contributed by atoms with Crippen LogP contribution in [0.5, 0.6) is 5.75 Å². The molecule has 0 radical (unpaired) electrons. The van der Waals surface area contributed by atoms with Crippen LogP contribution in [0.4, 0.5) is 11.4 Å². The number of nitrogens with zero attached hydrogens (tertiary/aromatic N) is 1. The van der Waals surface area contributed by atoms with E-state index in [1.807, 2.05) is 13.8 Å². The Labute approximate surface area is 170 Å². The summed E-state index contributed by atoms with van der Waals surface area (Å²) in [5.41, 5.74) is 1.15. The molecule has 0 saturated heterocycles. The van der Waals surface area contributed by atoms with Crippen molar-refractivity contribution in [2.45, 2.75) is 26.9 Å². The molecule has 0 bridgehead atoms. The van der Waals surface area contributed by atoms with E-state index in [0.717, 1.165) is 4.47 Å². The molecule has 0 atom stereocenters. The molecule has 0 fully saturated rings. The topological polar surface area (TPSA) is 93.5 Å². The fraction of sp³-hybridized carbons (Fsp3) is 0.222. The molecule has 27 heavy (non-hydrogen) atoms. The van der Waals surface area contributed by atoms with Crippen molar-refractivity contribution >= 4 is 50.5 Å². The number of hydrogen-bond donors (Lipinski definition) is 2. The van der Waals surface area contributed by atoms with Crippen molar-refractivity contribution in [3.63, 3.8) is 0 Å². The largest absolute Gasteiger partial charge is 0.490 e. The number of anilines is 1. The Hall–Kier alpha value is -2.52. The molecule has 0 aliphatic rings. The van der Waals surface area contributed by atoms with Crippen LogP contribution in [0, 0.1) is 17.0 Å². The van der Waals surface area contributed by atoms with Crippen LogP contribution >= 0.6 is 28.1 Å². The van der Waals surface area contributed by atoms with E-state index in [-0.39, 0.29) is 16.9 Å². The van der Waals surface area contributed by atoms with E-state index in [2.05, 4.69) is 26.6 Å². The highest BCUT2D eigenvalue weighted by Gasteiger charge is 2.17. The first kappa shape index (κ1) is 20.8. The van der Waals surface area contributed by atoms with E-state index in [0.29, 0.717) is 22.6 Å². The van der Waals surface area contributed by atoms with Gasteiger partial charge in [0.25, 0.3) is 11.6 Å². The highest BCUT2D eigenvalue weighted by Crippen LogP contribution is 2.26. The number of thiocarbonyl (C=S) groups is 1. The zero-order valence-electron chi connectivity index (χ0n) is 14.9. The van der Waals surface area contributed by atoms with E-state index in [1.54, 1.807) is 37.3 Å². The van der Waals surface area contributed by atoms with Crippen molar-refractivity contribution in [3.8, 4) is 5.75 Å². The van der Waals surface area contributed by atoms with Gasteiger partial charge in [0.05, 0.1) is 27.8 Å². The zero-order chi connectivity index (χ0) is 20.1. The van der Waals surface area contributed by atoms with Gasteiger partial charge in [-0.2, -0.15) is 0 Å². The Balaban J connectivity index is 2.17. The van der Waals surface area contributed by atoms with Gasteiger partial charge in [-0.15, -0.1) is 0 Å². The molecule has 0 aliphatic heterocycles. The quantitative estimate of drug-likeness (QED) is 0.392. The number of carbonyl (C=O) groups excluding carboxylic acids is 1. The van der Waals surface area contributed by atoms with E-state index in [9.17, 15) is 14.9 Å². The van der Waals surface area contributed by atoms with Crippen LogP contribution in [0.2, 0.25) is 0 Å². The van der Waals surface area contributed by atoms with E-state index in [1.165, 1.54) is 6.07 Å². The smallest absolute Gasteiger partial charge is 0.274 e. The summed E-state index contributed by atoms with van der Waals surface area (Å²) in [5, 5.41) is 16.5. The lowest BCUT2D eigenvalue weighted by Crippen LogP contribution is -2.34. The Morgan fingerprint density at radius 1 is 1.30 bits per heavy atom. The molecule has 1 amide bonds. The minimum atomic E-state index is -0.473. The van der Waals surface area contributed by atoms with Gasteiger partial charge in [-0.3, -0.25) is 20.2 Å². The molecule has 0 saturated carbocycles. The number of nitro groups is 1. The minimum absolute atomic E-state index is 0.0269. The summed E-state index contributed by atoms with van der Waals surface area (Å²) in [5.74, 6) is -0.0208. The molecular formula is C18H18BrN3O4S. The number of halogens is 1. The number of ether oxygens (including phenoxy) is 1. The van der Waals surface area contributed by atoms with Gasteiger partial charge in [0.1, 0.15) is 5.75 Å². The number of carbonyl (C=O) groups is 1. The highest BCUT2D eigenvalue weighted by molar-refractivity contribution is 9.10.